The molecule has 6 nitrogen and oxygen atoms in total. The molecule has 0 aromatic heterocycles. The molecule has 0 fully saturated rings. The van der Waals surface area contributed by atoms with Gasteiger partial charge in [0.1, 0.15) is 0 Å². The van der Waals surface area contributed by atoms with Gasteiger partial charge in [0.25, 0.3) is 0 Å². The second-order valence-electron chi connectivity index (χ2n) is 4.55. The summed E-state index contributed by atoms with van der Waals surface area (Å²) in [5.41, 5.74) is 0.751. The summed E-state index contributed by atoms with van der Waals surface area (Å²) < 4.78 is 25.4. The Kier molecular flexibility index (Phi) is 4.10. The van der Waals surface area contributed by atoms with E-state index in [-0.39, 0.29) is 10.9 Å². The summed E-state index contributed by atoms with van der Waals surface area (Å²) in [6, 6.07) is 6.27. The molecule has 0 spiro atoms. The molecular weight excluding hydrogens is 280 g/mol. The maximum absolute atomic E-state index is 11.6. The molecule has 108 valence electrons. The predicted molar refractivity (Wildman–Crippen MR) is 75.0 cm³/mol. The maximum atomic E-state index is 11.6. The number of anilines is 1. The minimum atomic E-state index is -3.43. The van der Waals surface area contributed by atoms with E-state index in [1.807, 2.05) is 6.08 Å². The van der Waals surface area contributed by atoms with Gasteiger partial charge in [0, 0.05) is 11.7 Å². The first-order valence-electron chi connectivity index (χ1n) is 6.13. The summed E-state index contributed by atoms with van der Waals surface area (Å²) in [4.78, 5) is 11.0. The zero-order valence-electron chi connectivity index (χ0n) is 10.9. The van der Waals surface area contributed by atoms with Gasteiger partial charge in [0.15, 0.2) is 0 Å². The molecule has 1 aromatic carbocycles. The van der Waals surface area contributed by atoms with Crippen LogP contribution < -0.4 is 10.0 Å². The number of nitrogens with one attached hydrogen (secondary N) is 2. The maximum Gasteiger partial charge on any atom is 0.310 e. The molecule has 0 aliphatic heterocycles. The van der Waals surface area contributed by atoms with Gasteiger partial charge < -0.3 is 10.4 Å². The molecule has 7 heteroatoms. The van der Waals surface area contributed by atoms with E-state index in [0.29, 0.717) is 6.42 Å². The molecule has 0 heterocycles. The lowest BCUT2D eigenvalue weighted by Gasteiger charge is -2.14. The van der Waals surface area contributed by atoms with Gasteiger partial charge in [-0.2, -0.15) is 0 Å². The van der Waals surface area contributed by atoms with Gasteiger partial charge in [-0.25, -0.2) is 13.1 Å². The van der Waals surface area contributed by atoms with Crippen molar-refractivity contribution < 1.29 is 18.3 Å². The van der Waals surface area contributed by atoms with Crippen molar-refractivity contribution in [3.05, 3.63) is 36.4 Å². The molecule has 1 aliphatic carbocycles. The Morgan fingerprint density at radius 3 is 2.40 bits per heavy atom. The van der Waals surface area contributed by atoms with Crippen molar-refractivity contribution in [2.75, 3.05) is 12.4 Å². The first kappa shape index (κ1) is 14.5. The lowest BCUT2D eigenvalue weighted by molar-refractivity contribution is -0.140. The van der Waals surface area contributed by atoms with Gasteiger partial charge >= 0.3 is 5.97 Å². The molecule has 0 saturated carbocycles. The molecule has 0 saturated heterocycles. The third kappa shape index (κ3) is 3.17. The topological polar surface area (TPSA) is 95.5 Å². The number of benzene rings is 1. The molecular formula is C13H16N2O4S. The normalized spacial score (nSPS) is 21.9. The van der Waals surface area contributed by atoms with Crippen LogP contribution in [-0.4, -0.2) is 32.6 Å². The lowest BCUT2D eigenvalue weighted by Crippen LogP contribution is -2.20. The number of carbonyl (C=O) groups is 1. The van der Waals surface area contributed by atoms with Gasteiger partial charge in [-0.15, -0.1) is 0 Å². The minimum absolute atomic E-state index is 0.0529. The van der Waals surface area contributed by atoms with Crippen LogP contribution in [0.5, 0.6) is 0 Å². The van der Waals surface area contributed by atoms with Gasteiger partial charge in [-0.3, -0.25) is 4.79 Å². The molecule has 2 unspecified atom stereocenters. The fourth-order valence-electron chi connectivity index (χ4n) is 2.05. The van der Waals surface area contributed by atoms with Crippen molar-refractivity contribution in [1.29, 1.82) is 0 Å². The van der Waals surface area contributed by atoms with Crippen molar-refractivity contribution in [2.45, 2.75) is 17.4 Å². The highest BCUT2D eigenvalue weighted by molar-refractivity contribution is 7.89. The molecule has 2 rings (SSSR count). The van der Waals surface area contributed by atoms with E-state index < -0.39 is 21.9 Å². The van der Waals surface area contributed by atoms with Crippen molar-refractivity contribution in [3.63, 3.8) is 0 Å². The number of carboxylic acid groups (broad SMARTS) is 1. The van der Waals surface area contributed by atoms with Crippen molar-refractivity contribution in [1.82, 2.24) is 4.72 Å². The molecule has 0 bridgehead atoms. The Labute approximate surface area is 117 Å². The van der Waals surface area contributed by atoms with E-state index in [1.54, 1.807) is 18.2 Å². The largest absolute Gasteiger partial charge is 0.481 e. The highest BCUT2D eigenvalue weighted by Gasteiger charge is 2.24. The third-order valence-corrected chi connectivity index (χ3v) is 4.62. The quantitative estimate of drug-likeness (QED) is 0.706. The van der Waals surface area contributed by atoms with E-state index in [4.69, 9.17) is 5.11 Å². The molecule has 0 amide bonds. The van der Waals surface area contributed by atoms with Crippen molar-refractivity contribution in [2.24, 2.45) is 5.92 Å². The van der Waals surface area contributed by atoms with Crippen LogP contribution in [0, 0.1) is 5.92 Å². The number of sulfonamides is 1. The molecule has 20 heavy (non-hydrogen) atoms. The summed E-state index contributed by atoms with van der Waals surface area (Å²) in [6.07, 6.45) is 3.97. The van der Waals surface area contributed by atoms with Crippen LogP contribution >= 0.6 is 0 Å². The van der Waals surface area contributed by atoms with E-state index in [2.05, 4.69) is 10.0 Å². The number of aliphatic carboxylic acids is 1. The summed E-state index contributed by atoms with van der Waals surface area (Å²) >= 11 is 0. The van der Waals surface area contributed by atoms with Crippen LogP contribution in [0.1, 0.15) is 6.42 Å². The van der Waals surface area contributed by atoms with Crippen LogP contribution in [0.2, 0.25) is 0 Å². The summed E-state index contributed by atoms with van der Waals surface area (Å²) in [5.74, 6) is -1.29. The first-order valence-corrected chi connectivity index (χ1v) is 7.62. The van der Waals surface area contributed by atoms with Gasteiger partial charge in [-0.1, -0.05) is 12.2 Å². The Morgan fingerprint density at radius 1 is 1.25 bits per heavy atom. The van der Waals surface area contributed by atoms with E-state index in [1.165, 1.54) is 19.2 Å². The Balaban J connectivity index is 2.02. The fraction of sp³-hybridized carbons (Fsp3) is 0.308. The van der Waals surface area contributed by atoms with Crippen LogP contribution in [0.4, 0.5) is 5.69 Å². The lowest BCUT2D eigenvalue weighted by atomic mass is 10.1. The molecule has 1 aliphatic rings. The second kappa shape index (κ2) is 5.64. The number of carboxylic acids is 1. The van der Waals surface area contributed by atoms with Crippen LogP contribution in [0.3, 0.4) is 0 Å². The van der Waals surface area contributed by atoms with Crippen LogP contribution in [-0.2, 0) is 14.8 Å². The minimum Gasteiger partial charge on any atom is -0.481 e. The predicted octanol–water partition coefficient (Wildman–Crippen LogP) is 1.04. The second-order valence-corrected chi connectivity index (χ2v) is 6.43. The molecule has 0 radical (unpaired) electrons. The number of hydrogen-bond acceptors (Lipinski definition) is 4. The SMILES string of the molecule is CNS(=O)(=O)c1ccc(NC2C=CC(C(=O)O)C2)cc1. The molecule has 1 aromatic rings. The van der Waals surface area contributed by atoms with Crippen molar-refractivity contribution in [3.8, 4) is 0 Å². The first-order chi connectivity index (χ1) is 9.42. The standard InChI is InChI=1S/C13H16N2O4S/c1-14-20(18,19)12-6-4-10(5-7-12)15-11-3-2-9(8-11)13(16)17/h2-7,9,11,14-15H,8H2,1H3,(H,16,17). The Hall–Kier alpha value is -1.86. The van der Waals surface area contributed by atoms with Gasteiger partial charge in [-0.05, 0) is 37.7 Å². The van der Waals surface area contributed by atoms with Gasteiger partial charge in [0.05, 0.1) is 10.8 Å². The molecule has 3 N–H and O–H groups in total. The highest BCUT2D eigenvalue weighted by Crippen LogP contribution is 2.22. The summed E-state index contributed by atoms with van der Waals surface area (Å²) in [5, 5.41) is 12.1. The highest BCUT2D eigenvalue weighted by atomic mass is 32.2. The summed E-state index contributed by atoms with van der Waals surface area (Å²) in [6.45, 7) is 0. The molecule has 2 atom stereocenters. The monoisotopic (exact) mass is 296 g/mol. The van der Waals surface area contributed by atoms with E-state index in [9.17, 15) is 13.2 Å². The van der Waals surface area contributed by atoms with Gasteiger partial charge in [0.2, 0.25) is 10.0 Å². The van der Waals surface area contributed by atoms with E-state index in [0.717, 1.165) is 5.69 Å². The number of rotatable bonds is 5. The van der Waals surface area contributed by atoms with Crippen LogP contribution in [0.25, 0.3) is 0 Å². The average molecular weight is 296 g/mol. The number of hydrogen-bond donors (Lipinski definition) is 3. The summed E-state index contributed by atoms with van der Waals surface area (Å²) in [7, 11) is -2.07. The van der Waals surface area contributed by atoms with Crippen molar-refractivity contribution >= 4 is 21.7 Å². The van der Waals surface area contributed by atoms with E-state index >= 15 is 0 Å². The van der Waals surface area contributed by atoms with Crippen LogP contribution in [0.15, 0.2) is 41.3 Å². The third-order valence-electron chi connectivity index (χ3n) is 3.19. The average Bonchev–Trinajstić information content (AvgIpc) is 2.88. The Bertz CT molecular complexity index is 622. The smallest absolute Gasteiger partial charge is 0.310 e. The fourth-order valence-corrected chi connectivity index (χ4v) is 2.78. The Morgan fingerprint density at radius 2 is 1.90 bits per heavy atom. The zero-order chi connectivity index (χ0) is 14.8. The zero-order valence-corrected chi connectivity index (χ0v) is 11.7.